The molecule has 0 aliphatic carbocycles. The average Bonchev–Trinajstić information content (AvgIpc) is 3.30. The molecule has 0 fully saturated rings. The molecule has 0 aliphatic rings. The van der Waals surface area contributed by atoms with Crippen LogP contribution in [0.25, 0.3) is 16.9 Å². The molecule has 10 heteroatoms. The Bertz CT molecular complexity index is 1230. The molecule has 0 saturated carbocycles. The number of halogens is 3. The van der Waals surface area contributed by atoms with E-state index in [1.807, 2.05) is 6.92 Å². The van der Waals surface area contributed by atoms with Crippen LogP contribution in [0.15, 0.2) is 47.1 Å². The molecule has 0 saturated heterocycles. The summed E-state index contributed by atoms with van der Waals surface area (Å²) < 4.78 is 45.0. The summed E-state index contributed by atoms with van der Waals surface area (Å²) in [4.78, 5) is 20.8. The Hall–Kier alpha value is -3.69. The number of carbonyl (C=O) groups excluding carboxylic acids is 1. The van der Waals surface area contributed by atoms with Gasteiger partial charge in [0.2, 0.25) is 0 Å². The van der Waals surface area contributed by atoms with Crippen molar-refractivity contribution < 1.29 is 22.4 Å². The van der Waals surface area contributed by atoms with Gasteiger partial charge in [-0.25, -0.2) is 14.6 Å². The molecule has 4 aromatic rings. The van der Waals surface area contributed by atoms with Crippen molar-refractivity contribution in [3.63, 3.8) is 0 Å². The van der Waals surface area contributed by atoms with E-state index in [-0.39, 0.29) is 11.4 Å². The molecule has 7 nitrogen and oxygen atoms in total. The smallest absolute Gasteiger partial charge is 0.417 e. The lowest BCUT2D eigenvalue weighted by molar-refractivity contribution is -0.137. The SMILES string of the molecule is CCc1nc2cc(NC(=O)c3cnn(-c4ccc(C(F)(F)F)cn4)c3C)ccc2o1. The van der Waals surface area contributed by atoms with Crippen LogP contribution in [0.4, 0.5) is 18.9 Å². The maximum Gasteiger partial charge on any atom is 0.417 e. The number of nitrogens with zero attached hydrogens (tertiary/aromatic N) is 4. The molecule has 1 N–H and O–H groups in total. The predicted octanol–water partition coefficient (Wildman–Crippen LogP) is 4.55. The lowest BCUT2D eigenvalue weighted by Gasteiger charge is -2.08. The average molecular weight is 415 g/mol. The Morgan fingerprint density at radius 2 is 2.00 bits per heavy atom. The second-order valence-corrected chi connectivity index (χ2v) is 6.56. The number of rotatable bonds is 4. The molecule has 0 radical (unpaired) electrons. The summed E-state index contributed by atoms with van der Waals surface area (Å²) in [5, 5.41) is 6.86. The maximum atomic E-state index is 12.7. The number of hydrogen-bond donors (Lipinski definition) is 1. The number of hydrogen-bond acceptors (Lipinski definition) is 5. The topological polar surface area (TPSA) is 85.8 Å². The molecule has 30 heavy (non-hydrogen) atoms. The third kappa shape index (κ3) is 3.63. The standard InChI is InChI=1S/C20H16F3N5O2/c1-3-18-27-15-8-13(5-6-16(15)30-18)26-19(29)14-10-25-28(11(14)2)17-7-4-12(9-24-17)20(21,22)23/h4-10H,3H2,1-2H3,(H,26,29). The summed E-state index contributed by atoms with van der Waals surface area (Å²) in [7, 11) is 0. The van der Waals surface area contributed by atoms with Crippen LogP contribution in [0.1, 0.15) is 34.4 Å². The molecule has 0 bridgehead atoms. The first-order valence-corrected chi connectivity index (χ1v) is 9.05. The first-order valence-electron chi connectivity index (χ1n) is 9.05. The van der Waals surface area contributed by atoms with Crippen LogP contribution in [0.2, 0.25) is 0 Å². The molecule has 0 aliphatic heterocycles. The second-order valence-electron chi connectivity index (χ2n) is 6.56. The van der Waals surface area contributed by atoms with E-state index in [0.29, 0.717) is 34.8 Å². The molecule has 1 amide bonds. The molecule has 0 atom stereocenters. The van der Waals surface area contributed by atoms with Gasteiger partial charge in [0, 0.05) is 18.3 Å². The number of oxazole rings is 1. The van der Waals surface area contributed by atoms with Crippen LogP contribution in [0.5, 0.6) is 0 Å². The van der Waals surface area contributed by atoms with Crippen LogP contribution >= 0.6 is 0 Å². The zero-order valence-corrected chi connectivity index (χ0v) is 16.0. The number of aryl methyl sites for hydroxylation is 1. The van der Waals surface area contributed by atoms with Crippen molar-refractivity contribution in [3.05, 3.63) is 65.4 Å². The van der Waals surface area contributed by atoms with Gasteiger partial charge in [0.05, 0.1) is 23.0 Å². The van der Waals surface area contributed by atoms with Gasteiger partial charge in [0.15, 0.2) is 17.3 Å². The molecule has 3 heterocycles. The molecule has 3 aromatic heterocycles. The molecular weight excluding hydrogens is 399 g/mol. The van der Waals surface area contributed by atoms with Crippen molar-refractivity contribution in [2.24, 2.45) is 0 Å². The quantitative estimate of drug-likeness (QED) is 0.529. The Morgan fingerprint density at radius 1 is 1.20 bits per heavy atom. The van der Waals surface area contributed by atoms with E-state index in [1.165, 1.54) is 16.9 Å². The number of fused-ring (bicyclic) bond motifs is 1. The lowest BCUT2D eigenvalue weighted by Crippen LogP contribution is -2.13. The third-order valence-electron chi connectivity index (χ3n) is 4.54. The summed E-state index contributed by atoms with van der Waals surface area (Å²) in [5.41, 5.74) is 1.64. The van der Waals surface area contributed by atoms with E-state index in [2.05, 4.69) is 20.4 Å². The molecule has 0 spiro atoms. The maximum absolute atomic E-state index is 12.7. The molecule has 154 valence electrons. The molecule has 0 unspecified atom stereocenters. The highest BCUT2D eigenvalue weighted by atomic mass is 19.4. The number of nitrogens with one attached hydrogen (secondary N) is 1. The summed E-state index contributed by atoms with van der Waals surface area (Å²) in [6.45, 7) is 3.56. The van der Waals surface area contributed by atoms with E-state index in [9.17, 15) is 18.0 Å². The molecule has 1 aromatic carbocycles. The lowest BCUT2D eigenvalue weighted by atomic mass is 10.2. The molecule has 4 rings (SSSR count). The van der Waals surface area contributed by atoms with Crippen LogP contribution in [0.3, 0.4) is 0 Å². The number of carbonyl (C=O) groups is 1. The first kappa shape index (κ1) is 19.6. The van der Waals surface area contributed by atoms with Crippen molar-refractivity contribution in [3.8, 4) is 5.82 Å². The highest BCUT2D eigenvalue weighted by molar-refractivity contribution is 6.05. The minimum absolute atomic E-state index is 0.177. The summed E-state index contributed by atoms with van der Waals surface area (Å²) in [6, 6.07) is 7.24. The number of alkyl halides is 3. The second kappa shape index (κ2) is 7.29. The first-order chi connectivity index (χ1) is 14.3. The molecular formula is C20H16F3N5O2. The van der Waals surface area contributed by atoms with Gasteiger partial charge in [-0.3, -0.25) is 4.79 Å². The number of benzene rings is 1. The van der Waals surface area contributed by atoms with E-state index in [4.69, 9.17) is 4.42 Å². The minimum atomic E-state index is -4.47. The van der Waals surface area contributed by atoms with Crippen LogP contribution in [-0.2, 0) is 12.6 Å². The van der Waals surface area contributed by atoms with Crippen molar-refractivity contribution in [2.45, 2.75) is 26.4 Å². The van der Waals surface area contributed by atoms with Gasteiger partial charge in [-0.05, 0) is 37.3 Å². The summed E-state index contributed by atoms with van der Waals surface area (Å²) >= 11 is 0. The Kier molecular flexibility index (Phi) is 4.76. The minimum Gasteiger partial charge on any atom is -0.441 e. The number of anilines is 1. The largest absolute Gasteiger partial charge is 0.441 e. The normalized spacial score (nSPS) is 11.8. The van der Waals surface area contributed by atoms with Crippen LogP contribution in [0, 0.1) is 6.92 Å². The zero-order valence-electron chi connectivity index (χ0n) is 16.0. The van der Waals surface area contributed by atoms with Gasteiger partial charge in [0.1, 0.15) is 5.52 Å². The fourth-order valence-corrected chi connectivity index (χ4v) is 2.95. The highest BCUT2D eigenvalue weighted by Gasteiger charge is 2.30. The van der Waals surface area contributed by atoms with Gasteiger partial charge < -0.3 is 9.73 Å². The Balaban J connectivity index is 1.56. The zero-order chi connectivity index (χ0) is 21.5. The Labute approximate surface area is 168 Å². The fourth-order valence-electron chi connectivity index (χ4n) is 2.95. The van der Waals surface area contributed by atoms with Crippen LogP contribution in [-0.4, -0.2) is 25.7 Å². The van der Waals surface area contributed by atoms with Gasteiger partial charge in [-0.1, -0.05) is 6.92 Å². The van der Waals surface area contributed by atoms with Gasteiger partial charge in [-0.15, -0.1) is 0 Å². The van der Waals surface area contributed by atoms with E-state index in [0.717, 1.165) is 12.3 Å². The summed E-state index contributed by atoms with van der Waals surface area (Å²) in [5.74, 6) is 0.370. The predicted molar refractivity (Wildman–Crippen MR) is 102 cm³/mol. The number of amides is 1. The van der Waals surface area contributed by atoms with Crippen molar-refractivity contribution in [1.29, 1.82) is 0 Å². The Morgan fingerprint density at radius 3 is 2.67 bits per heavy atom. The number of aromatic nitrogens is 4. The van der Waals surface area contributed by atoms with Crippen molar-refractivity contribution in [1.82, 2.24) is 19.7 Å². The van der Waals surface area contributed by atoms with Gasteiger partial charge >= 0.3 is 6.18 Å². The fraction of sp³-hybridized carbons (Fsp3) is 0.200. The van der Waals surface area contributed by atoms with Gasteiger partial charge in [0.25, 0.3) is 5.91 Å². The van der Waals surface area contributed by atoms with E-state index in [1.54, 1.807) is 25.1 Å². The van der Waals surface area contributed by atoms with Crippen molar-refractivity contribution >= 4 is 22.7 Å². The third-order valence-corrected chi connectivity index (χ3v) is 4.54. The van der Waals surface area contributed by atoms with Gasteiger partial charge in [-0.2, -0.15) is 18.3 Å². The van der Waals surface area contributed by atoms with Crippen molar-refractivity contribution in [2.75, 3.05) is 5.32 Å². The number of pyridine rings is 1. The van der Waals surface area contributed by atoms with Crippen LogP contribution < -0.4 is 5.32 Å². The van der Waals surface area contributed by atoms with E-state index >= 15 is 0 Å². The monoisotopic (exact) mass is 415 g/mol. The summed E-state index contributed by atoms with van der Waals surface area (Å²) in [6.07, 6.45) is -1.74. The van der Waals surface area contributed by atoms with E-state index < -0.39 is 17.6 Å². The highest BCUT2D eigenvalue weighted by Crippen LogP contribution is 2.29.